The number of ether oxygens (including phenoxy) is 1. The van der Waals surface area contributed by atoms with Crippen LogP contribution in [0.4, 0.5) is 5.69 Å². The molecule has 0 fully saturated rings. The summed E-state index contributed by atoms with van der Waals surface area (Å²) in [6.45, 7) is 13.4. The van der Waals surface area contributed by atoms with Gasteiger partial charge < -0.3 is 10.5 Å². The third kappa shape index (κ3) is 6.05. The first-order chi connectivity index (χ1) is 13.3. The van der Waals surface area contributed by atoms with Gasteiger partial charge in [0.2, 0.25) is 0 Å². The molecule has 0 spiro atoms. The fourth-order valence-corrected chi connectivity index (χ4v) is 3.38. The van der Waals surface area contributed by atoms with Crippen LogP contribution in [0, 0.1) is 10.8 Å². The monoisotopic (exact) mass is 525 g/mol. The molecule has 1 aromatic rings. The number of nitrogens with two attached hydrogens (primary N) is 1. The Labute approximate surface area is 192 Å². The molecule has 0 atom stereocenters. The summed E-state index contributed by atoms with van der Waals surface area (Å²) in [7, 11) is 1.70. The van der Waals surface area contributed by atoms with Gasteiger partial charge in [0.15, 0.2) is 0 Å². The Morgan fingerprint density at radius 2 is 1.34 bits per heavy atom. The van der Waals surface area contributed by atoms with E-state index in [9.17, 15) is 0 Å². The fraction of sp³-hybridized carbons (Fsp3) is 0.478. The molecule has 1 aliphatic rings. The number of hydrogen-bond donors (Lipinski definition) is 3. The first-order valence-electron chi connectivity index (χ1n) is 9.72. The number of benzene rings is 1. The number of halogens is 2. The Kier molecular flexibility index (Phi) is 8.90. The van der Waals surface area contributed by atoms with Gasteiger partial charge in [-0.2, -0.15) is 0 Å². The van der Waals surface area contributed by atoms with E-state index in [4.69, 9.17) is 21.3 Å². The molecule has 0 amide bonds. The molecule has 0 aliphatic heterocycles. The number of methoxy groups -OCH3 is 1. The molecule has 1 aromatic carbocycles. The average Bonchev–Trinajstić information content (AvgIpc) is 2.69. The van der Waals surface area contributed by atoms with Crippen LogP contribution >= 0.6 is 31.9 Å². The van der Waals surface area contributed by atoms with E-state index in [1.54, 1.807) is 19.3 Å². The van der Waals surface area contributed by atoms with Crippen molar-refractivity contribution in [2.45, 2.75) is 65.2 Å². The highest BCUT2D eigenvalue weighted by Gasteiger charge is 2.28. The lowest BCUT2D eigenvalue weighted by atomic mass is 9.76. The van der Waals surface area contributed by atoms with Crippen molar-refractivity contribution >= 4 is 49.0 Å². The molecule has 0 heterocycles. The van der Waals surface area contributed by atoms with Gasteiger partial charge in [-0.3, -0.25) is 10.8 Å². The molecule has 6 heteroatoms. The summed E-state index contributed by atoms with van der Waals surface area (Å²) in [5, 5.41) is 14.6. The predicted octanol–water partition coefficient (Wildman–Crippen LogP) is 7.25. The van der Waals surface area contributed by atoms with Crippen molar-refractivity contribution in [1.82, 2.24) is 0 Å². The van der Waals surface area contributed by atoms with Crippen LogP contribution in [-0.2, 0) is 10.8 Å². The molecule has 0 unspecified atom stereocenters. The number of hydrogen-bond acceptors (Lipinski definition) is 4. The molecule has 0 radical (unpaired) electrons. The van der Waals surface area contributed by atoms with Gasteiger partial charge in [0, 0.05) is 14.5 Å². The van der Waals surface area contributed by atoms with E-state index < -0.39 is 0 Å². The van der Waals surface area contributed by atoms with E-state index in [0.29, 0.717) is 8.96 Å². The fourth-order valence-electron chi connectivity index (χ4n) is 2.72. The van der Waals surface area contributed by atoms with Gasteiger partial charge in [0.05, 0.1) is 24.2 Å². The lowest BCUT2D eigenvalue weighted by Gasteiger charge is -2.31. The SMILES string of the molecule is CCC(C)(C)c1cc(N)c(OC)c(C(C)(C)CC)c1.N=C1C(=N)C(Br)=CC=C1Br. The topological polar surface area (TPSA) is 83.0 Å². The Morgan fingerprint density at radius 3 is 1.72 bits per heavy atom. The van der Waals surface area contributed by atoms with E-state index in [0.717, 1.165) is 24.3 Å². The Bertz CT molecular complexity index is 816. The summed E-state index contributed by atoms with van der Waals surface area (Å²) in [6.07, 6.45) is 5.62. The van der Waals surface area contributed by atoms with Crippen molar-refractivity contribution in [1.29, 1.82) is 10.8 Å². The van der Waals surface area contributed by atoms with Crippen LogP contribution in [0.15, 0.2) is 33.2 Å². The summed E-state index contributed by atoms with van der Waals surface area (Å²) in [6, 6.07) is 4.35. The minimum atomic E-state index is 0.0687. The molecule has 4 nitrogen and oxygen atoms in total. The van der Waals surface area contributed by atoms with Gasteiger partial charge in [0.25, 0.3) is 0 Å². The zero-order chi connectivity index (χ0) is 22.6. The van der Waals surface area contributed by atoms with E-state index in [-0.39, 0.29) is 22.3 Å². The zero-order valence-corrected chi connectivity index (χ0v) is 21.6. The first-order valence-corrected chi connectivity index (χ1v) is 11.3. The van der Waals surface area contributed by atoms with Crippen LogP contribution in [0.3, 0.4) is 0 Å². The van der Waals surface area contributed by atoms with Crippen LogP contribution in [0.1, 0.15) is 65.5 Å². The molecule has 0 saturated heterocycles. The van der Waals surface area contributed by atoms with Crippen molar-refractivity contribution in [2.75, 3.05) is 12.8 Å². The number of allylic oxidation sites excluding steroid dienone is 4. The third-order valence-electron chi connectivity index (χ3n) is 5.70. The second-order valence-corrected chi connectivity index (χ2v) is 10.1. The molecule has 0 saturated carbocycles. The van der Waals surface area contributed by atoms with Crippen LogP contribution in [-0.4, -0.2) is 18.5 Å². The van der Waals surface area contributed by atoms with Gasteiger partial charge in [-0.15, -0.1) is 0 Å². The predicted molar refractivity (Wildman–Crippen MR) is 134 cm³/mol. The van der Waals surface area contributed by atoms with Gasteiger partial charge >= 0.3 is 0 Å². The molecular formula is C23H33Br2N3O. The van der Waals surface area contributed by atoms with Gasteiger partial charge in [-0.25, -0.2) is 0 Å². The van der Waals surface area contributed by atoms with Crippen molar-refractivity contribution in [3.8, 4) is 5.75 Å². The molecular weight excluding hydrogens is 494 g/mol. The molecule has 2 rings (SSSR count). The standard InChI is InChI=1S/C17H29NO.C6H4Br2N2/c1-8-16(3,4)12-10-13(17(5,6)9-2)15(19-7)14(18)11-12;7-3-1-2-4(8)6(10)5(3)9/h10-11H,8-9,18H2,1-7H3;1-2,9-10H. The maximum Gasteiger partial charge on any atom is 0.145 e. The van der Waals surface area contributed by atoms with Crippen molar-refractivity contribution in [3.63, 3.8) is 0 Å². The molecule has 4 N–H and O–H groups in total. The molecule has 0 bridgehead atoms. The van der Waals surface area contributed by atoms with Gasteiger partial charge in [-0.05, 0) is 79.3 Å². The summed E-state index contributed by atoms with van der Waals surface area (Å²) in [5.74, 6) is 0.836. The Hall–Kier alpha value is -1.40. The minimum absolute atomic E-state index is 0.0687. The first kappa shape index (κ1) is 25.6. The summed E-state index contributed by atoms with van der Waals surface area (Å²) < 4.78 is 6.85. The van der Waals surface area contributed by atoms with Crippen molar-refractivity contribution in [2.24, 2.45) is 0 Å². The highest BCUT2D eigenvalue weighted by Crippen LogP contribution is 2.41. The lowest BCUT2D eigenvalue weighted by molar-refractivity contribution is 0.389. The maximum atomic E-state index is 7.32. The average molecular weight is 527 g/mol. The van der Waals surface area contributed by atoms with Crippen LogP contribution in [0.5, 0.6) is 5.75 Å². The van der Waals surface area contributed by atoms with Crippen LogP contribution in [0.2, 0.25) is 0 Å². The smallest absolute Gasteiger partial charge is 0.145 e. The van der Waals surface area contributed by atoms with E-state index in [1.165, 1.54) is 11.1 Å². The Morgan fingerprint density at radius 1 is 0.897 bits per heavy atom. The summed E-state index contributed by atoms with van der Waals surface area (Å²) in [5.41, 5.74) is 10.1. The molecule has 29 heavy (non-hydrogen) atoms. The van der Waals surface area contributed by atoms with Crippen molar-refractivity contribution < 1.29 is 4.74 Å². The molecule has 160 valence electrons. The third-order valence-corrected chi connectivity index (χ3v) is 7.03. The minimum Gasteiger partial charge on any atom is -0.494 e. The second-order valence-electron chi connectivity index (χ2n) is 8.40. The van der Waals surface area contributed by atoms with Crippen molar-refractivity contribution in [3.05, 3.63) is 44.4 Å². The summed E-state index contributed by atoms with van der Waals surface area (Å²) in [4.78, 5) is 0. The number of nitrogen functional groups attached to an aromatic ring is 1. The van der Waals surface area contributed by atoms with Crippen LogP contribution in [0.25, 0.3) is 0 Å². The Balaban J connectivity index is 0.000000352. The lowest BCUT2D eigenvalue weighted by Crippen LogP contribution is -2.21. The number of nitrogens with one attached hydrogen (secondary N) is 2. The van der Waals surface area contributed by atoms with E-state index in [1.807, 2.05) is 0 Å². The largest absolute Gasteiger partial charge is 0.494 e. The highest BCUT2D eigenvalue weighted by molar-refractivity contribution is 9.12. The number of rotatable bonds is 5. The molecule has 0 aromatic heterocycles. The van der Waals surface area contributed by atoms with Crippen LogP contribution < -0.4 is 10.5 Å². The van der Waals surface area contributed by atoms with E-state index in [2.05, 4.69) is 85.5 Å². The highest BCUT2D eigenvalue weighted by atomic mass is 79.9. The van der Waals surface area contributed by atoms with Gasteiger partial charge in [0.1, 0.15) is 5.75 Å². The molecule has 1 aliphatic carbocycles. The maximum absolute atomic E-state index is 7.32. The van der Waals surface area contributed by atoms with Gasteiger partial charge in [-0.1, -0.05) is 47.6 Å². The number of anilines is 1. The quantitative estimate of drug-likeness (QED) is 0.279. The summed E-state index contributed by atoms with van der Waals surface area (Å²) >= 11 is 6.30. The second kappa shape index (κ2) is 10.1. The normalized spacial score (nSPS) is 14.7. The zero-order valence-electron chi connectivity index (χ0n) is 18.5. The van der Waals surface area contributed by atoms with E-state index >= 15 is 0 Å².